The number of amides is 1. The molecule has 0 bridgehead atoms. The summed E-state index contributed by atoms with van der Waals surface area (Å²) in [5.41, 5.74) is -0.908. The number of anilines is 3. The van der Waals surface area contributed by atoms with Crippen LogP contribution in [0.2, 0.25) is 0 Å². The van der Waals surface area contributed by atoms with Crippen LogP contribution in [0.5, 0.6) is 0 Å². The number of carbonyl (C=O) groups excluding carboxylic acids is 1. The van der Waals surface area contributed by atoms with Crippen LogP contribution in [0.1, 0.15) is 15.9 Å². The zero-order chi connectivity index (χ0) is 26.2. The van der Waals surface area contributed by atoms with Gasteiger partial charge in [-0.15, -0.1) is 0 Å². The number of aromatic nitrogens is 5. The van der Waals surface area contributed by atoms with Gasteiger partial charge in [0.15, 0.2) is 11.5 Å². The summed E-state index contributed by atoms with van der Waals surface area (Å²) in [6.07, 6.45) is -0.574. The number of imidazole rings is 1. The molecule has 0 radical (unpaired) electrons. The maximum absolute atomic E-state index is 15.3. The summed E-state index contributed by atoms with van der Waals surface area (Å²) in [4.78, 5) is 31.9. The number of carbonyl (C=O) groups is 1. The van der Waals surface area contributed by atoms with Gasteiger partial charge in [0.05, 0.1) is 17.6 Å². The monoisotopic (exact) mass is 511 g/mol. The highest BCUT2D eigenvalue weighted by Gasteiger charge is 2.31. The number of nitrogens with zero attached hydrogens (tertiary/aromatic N) is 4. The van der Waals surface area contributed by atoms with Gasteiger partial charge in [-0.05, 0) is 42.5 Å². The minimum atomic E-state index is -4.67. The van der Waals surface area contributed by atoms with Gasteiger partial charge in [-0.3, -0.25) is 4.79 Å². The Hall–Kier alpha value is -4.94. The van der Waals surface area contributed by atoms with Gasteiger partial charge in [0.25, 0.3) is 5.91 Å². The molecular weight excluding hydrogens is 497 g/mol. The Morgan fingerprint density at radius 1 is 0.946 bits per heavy atom. The van der Waals surface area contributed by atoms with Crippen LogP contribution in [0.4, 0.5) is 39.1 Å². The Kier molecular flexibility index (Phi) is 5.95. The Bertz CT molecular complexity index is 1630. The minimum Gasteiger partial charge on any atom is -0.341 e. The Morgan fingerprint density at radius 3 is 2.59 bits per heavy atom. The van der Waals surface area contributed by atoms with E-state index >= 15 is 4.39 Å². The van der Waals surface area contributed by atoms with E-state index in [0.29, 0.717) is 28.5 Å². The number of benzene rings is 2. The van der Waals surface area contributed by atoms with Crippen molar-refractivity contribution in [3.63, 3.8) is 0 Å². The molecule has 0 saturated carbocycles. The van der Waals surface area contributed by atoms with Crippen LogP contribution >= 0.6 is 0 Å². The summed E-state index contributed by atoms with van der Waals surface area (Å²) < 4.78 is 69.0. The molecule has 0 fully saturated rings. The lowest BCUT2D eigenvalue weighted by Gasteiger charge is -2.15. The Labute approximate surface area is 204 Å². The molecule has 0 atom stereocenters. The van der Waals surface area contributed by atoms with Gasteiger partial charge in [0.1, 0.15) is 34.9 Å². The molecule has 3 N–H and O–H groups in total. The third kappa shape index (κ3) is 4.66. The third-order valence-corrected chi connectivity index (χ3v) is 5.32. The first-order valence-corrected chi connectivity index (χ1v) is 10.6. The van der Waals surface area contributed by atoms with Crippen LogP contribution in [-0.4, -0.2) is 30.8 Å². The summed E-state index contributed by atoms with van der Waals surface area (Å²) in [6, 6.07) is 8.70. The van der Waals surface area contributed by atoms with Gasteiger partial charge in [-0.2, -0.15) is 13.2 Å². The quantitative estimate of drug-likeness (QED) is 0.261. The minimum absolute atomic E-state index is 0.0382. The standard InChI is InChI=1S/C24H14F5N7O/c25-15-6-7-16(35-23(37)12-3-1-4-13(9-12)24(27,28)29)17(26)19(15)36-21-14(5-2-8-30-21)18-20-22(33-10-31-18)34-11-32-20/h1-11H,(H,30,36)(H,35,37)(H,31,32,33,34). The first kappa shape index (κ1) is 23.8. The molecule has 0 saturated heterocycles. The molecule has 0 unspecified atom stereocenters. The van der Waals surface area contributed by atoms with Crippen LogP contribution in [0, 0.1) is 11.6 Å². The van der Waals surface area contributed by atoms with Crippen molar-refractivity contribution in [1.29, 1.82) is 0 Å². The fourth-order valence-electron chi connectivity index (χ4n) is 3.58. The first-order valence-electron chi connectivity index (χ1n) is 10.6. The van der Waals surface area contributed by atoms with E-state index in [0.717, 1.165) is 30.3 Å². The maximum Gasteiger partial charge on any atom is 0.416 e. The van der Waals surface area contributed by atoms with E-state index in [1.165, 1.54) is 18.9 Å². The van der Waals surface area contributed by atoms with E-state index < -0.39 is 40.7 Å². The highest BCUT2D eigenvalue weighted by molar-refractivity contribution is 6.04. The fourth-order valence-corrected chi connectivity index (χ4v) is 3.58. The zero-order valence-electron chi connectivity index (χ0n) is 18.4. The molecule has 3 aromatic heterocycles. The van der Waals surface area contributed by atoms with Crippen LogP contribution in [-0.2, 0) is 6.18 Å². The topological polar surface area (TPSA) is 108 Å². The molecule has 3 heterocycles. The second-order valence-electron chi connectivity index (χ2n) is 7.66. The van der Waals surface area contributed by atoms with Crippen molar-refractivity contribution in [2.45, 2.75) is 6.18 Å². The van der Waals surface area contributed by atoms with Gasteiger partial charge in [0, 0.05) is 17.3 Å². The van der Waals surface area contributed by atoms with E-state index in [1.54, 1.807) is 12.1 Å². The number of hydrogen-bond donors (Lipinski definition) is 3. The molecule has 5 rings (SSSR count). The average molecular weight is 511 g/mol. The normalized spacial score (nSPS) is 11.5. The highest BCUT2D eigenvalue weighted by Crippen LogP contribution is 2.34. The second-order valence-corrected chi connectivity index (χ2v) is 7.66. The summed E-state index contributed by atoms with van der Waals surface area (Å²) in [5.74, 6) is -3.16. The van der Waals surface area contributed by atoms with E-state index in [-0.39, 0.29) is 11.4 Å². The predicted molar refractivity (Wildman–Crippen MR) is 124 cm³/mol. The van der Waals surface area contributed by atoms with Crippen molar-refractivity contribution in [2.24, 2.45) is 0 Å². The molecule has 37 heavy (non-hydrogen) atoms. The van der Waals surface area contributed by atoms with Crippen LogP contribution in [0.25, 0.3) is 22.4 Å². The van der Waals surface area contributed by atoms with Crippen molar-refractivity contribution < 1.29 is 26.7 Å². The SMILES string of the molecule is O=C(Nc1ccc(F)c(Nc2ncccc2-c2ncnc3nc[nH]c23)c1F)c1cccc(C(F)(F)F)c1. The van der Waals surface area contributed by atoms with Gasteiger partial charge in [-0.1, -0.05) is 6.07 Å². The van der Waals surface area contributed by atoms with E-state index in [1.807, 2.05) is 0 Å². The van der Waals surface area contributed by atoms with Crippen LogP contribution in [0.15, 0.2) is 67.4 Å². The molecule has 8 nitrogen and oxygen atoms in total. The number of halogens is 5. The molecule has 0 aliphatic heterocycles. The summed E-state index contributed by atoms with van der Waals surface area (Å²) in [7, 11) is 0. The lowest BCUT2D eigenvalue weighted by molar-refractivity contribution is -0.137. The van der Waals surface area contributed by atoms with Gasteiger partial charge >= 0.3 is 6.18 Å². The number of aromatic amines is 1. The van der Waals surface area contributed by atoms with Crippen LogP contribution < -0.4 is 10.6 Å². The van der Waals surface area contributed by atoms with Crippen molar-refractivity contribution in [2.75, 3.05) is 10.6 Å². The molecule has 0 aliphatic carbocycles. The van der Waals surface area contributed by atoms with Crippen molar-refractivity contribution in [3.05, 3.63) is 90.1 Å². The molecule has 2 aromatic carbocycles. The number of pyridine rings is 1. The van der Waals surface area contributed by atoms with Gasteiger partial charge in [0.2, 0.25) is 0 Å². The maximum atomic E-state index is 15.3. The highest BCUT2D eigenvalue weighted by atomic mass is 19.4. The lowest BCUT2D eigenvalue weighted by Crippen LogP contribution is -2.15. The Balaban J connectivity index is 1.48. The number of fused-ring (bicyclic) bond motifs is 1. The van der Waals surface area contributed by atoms with Gasteiger partial charge < -0.3 is 15.6 Å². The first-order chi connectivity index (χ1) is 17.7. The van der Waals surface area contributed by atoms with Crippen molar-refractivity contribution in [1.82, 2.24) is 24.9 Å². The Morgan fingerprint density at radius 2 is 1.78 bits per heavy atom. The smallest absolute Gasteiger partial charge is 0.341 e. The molecule has 0 spiro atoms. The van der Waals surface area contributed by atoms with E-state index in [9.17, 15) is 22.4 Å². The summed E-state index contributed by atoms with van der Waals surface area (Å²) in [5, 5.41) is 4.77. The van der Waals surface area contributed by atoms with Crippen molar-refractivity contribution in [3.8, 4) is 11.3 Å². The second kappa shape index (κ2) is 9.26. The number of alkyl halides is 3. The summed E-state index contributed by atoms with van der Waals surface area (Å²) in [6.45, 7) is 0. The molecular formula is C24H14F5N7O. The lowest BCUT2D eigenvalue weighted by atomic mass is 10.1. The molecule has 1 amide bonds. The fraction of sp³-hybridized carbons (Fsp3) is 0.0417. The van der Waals surface area contributed by atoms with Crippen molar-refractivity contribution >= 4 is 34.3 Å². The molecule has 186 valence electrons. The third-order valence-electron chi connectivity index (χ3n) is 5.32. The van der Waals surface area contributed by atoms with Crippen LogP contribution in [0.3, 0.4) is 0 Å². The number of rotatable bonds is 5. The number of H-pyrrole nitrogens is 1. The summed E-state index contributed by atoms with van der Waals surface area (Å²) >= 11 is 0. The largest absolute Gasteiger partial charge is 0.416 e. The number of nitrogens with one attached hydrogen (secondary N) is 3. The predicted octanol–water partition coefficient (Wildman–Crippen LogP) is 5.71. The average Bonchev–Trinajstić information content (AvgIpc) is 3.37. The van der Waals surface area contributed by atoms with E-state index in [4.69, 9.17) is 0 Å². The zero-order valence-corrected chi connectivity index (χ0v) is 18.4. The molecule has 0 aliphatic rings. The number of hydrogen-bond acceptors (Lipinski definition) is 6. The molecule has 13 heteroatoms. The molecule has 5 aromatic rings. The van der Waals surface area contributed by atoms with Gasteiger partial charge in [-0.25, -0.2) is 28.7 Å². The van der Waals surface area contributed by atoms with E-state index in [2.05, 4.69) is 35.6 Å².